The smallest absolute Gasteiger partial charge is 0.150 e. The van der Waals surface area contributed by atoms with Crippen LogP contribution in [0, 0.1) is 27.7 Å². The van der Waals surface area contributed by atoms with E-state index in [0.29, 0.717) is 11.1 Å². The predicted molar refractivity (Wildman–Crippen MR) is 107 cm³/mol. The van der Waals surface area contributed by atoms with E-state index in [-0.39, 0.29) is 0 Å². The highest BCUT2D eigenvalue weighted by Gasteiger charge is 2.17. The van der Waals surface area contributed by atoms with E-state index in [1.54, 1.807) is 0 Å². The molecule has 0 spiro atoms. The fourth-order valence-corrected chi connectivity index (χ4v) is 3.64. The average Bonchev–Trinajstić information content (AvgIpc) is 2.68. The number of benzene rings is 3. The Balaban J connectivity index is 2.20. The molecule has 0 heterocycles. The molecule has 0 radical (unpaired) electrons. The molecule has 0 aliphatic rings. The van der Waals surface area contributed by atoms with Gasteiger partial charge in [-0.15, -0.1) is 0 Å². The van der Waals surface area contributed by atoms with Gasteiger partial charge in [0, 0.05) is 11.1 Å². The summed E-state index contributed by atoms with van der Waals surface area (Å²) >= 11 is 0. The van der Waals surface area contributed by atoms with Crippen molar-refractivity contribution >= 4 is 12.6 Å². The number of carbonyl (C=O) groups is 2. The van der Waals surface area contributed by atoms with Crippen LogP contribution in [0.2, 0.25) is 0 Å². The summed E-state index contributed by atoms with van der Waals surface area (Å²) in [6, 6.07) is 15.5. The highest BCUT2D eigenvalue weighted by Crippen LogP contribution is 2.39. The molecule has 0 atom stereocenters. The van der Waals surface area contributed by atoms with Gasteiger partial charge in [-0.05, 0) is 72.2 Å². The highest BCUT2D eigenvalue weighted by molar-refractivity contribution is 5.85. The molecular formula is C24H22O2. The number of rotatable bonds is 4. The van der Waals surface area contributed by atoms with Crippen LogP contribution in [0.15, 0.2) is 48.5 Å². The van der Waals surface area contributed by atoms with Crippen molar-refractivity contribution in [2.45, 2.75) is 27.7 Å². The molecule has 0 aromatic heterocycles. The van der Waals surface area contributed by atoms with Crippen LogP contribution < -0.4 is 0 Å². The molecule has 0 amide bonds. The van der Waals surface area contributed by atoms with Gasteiger partial charge in [0.1, 0.15) is 12.6 Å². The van der Waals surface area contributed by atoms with Gasteiger partial charge in [0.05, 0.1) is 0 Å². The number of aldehydes is 2. The van der Waals surface area contributed by atoms with Crippen molar-refractivity contribution in [2.75, 3.05) is 0 Å². The molecule has 0 unspecified atom stereocenters. The second kappa shape index (κ2) is 7.09. The second-order valence-corrected chi connectivity index (χ2v) is 6.73. The fourth-order valence-electron chi connectivity index (χ4n) is 3.64. The number of carbonyl (C=O) groups excluding carboxylic acids is 2. The molecule has 3 aromatic carbocycles. The van der Waals surface area contributed by atoms with Gasteiger partial charge in [-0.3, -0.25) is 9.59 Å². The number of hydrogen-bond donors (Lipinski definition) is 0. The second-order valence-electron chi connectivity index (χ2n) is 6.73. The molecule has 0 aliphatic heterocycles. The Morgan fingerprint density at radius 2 is 0.769 bits per heavy atom. The van der Waals surface area contributed by atoms with Crippen LogP contribution in [0.5, 0.6) is 0 Å². The van der Waals surface area contributed by atoms with Gasteiger partial charge in [-0.25, -0.2) is 0 Å². The molecule has 0 saturated carbocycles. The lowest BCUT2D eigenvalue weighted by molar-refractivity contribution is 0.111. The average molecular weight is 342 g/mol. The SMILES string of the molecule is Cc1c(C)c(-c2ccc(C=O)cc2)c(C)c(C)c1-c1ccc(C=O)cc1. The van der Waals surface area contributed by atoms with Crippen LogP contribution in [-0.2, 0) is 0 Å². The van der Waals surface area contributed by atoms with Gasteiger partial charge in [-0.1, -0.05) is 48.5 Å². The lowest BCUT2D eigenvalue weighted by atomic mass is 9.83. The zero-order valence-corrected chi connectivity index (χ0v) is 15.6. The normalized spacial score (nSPS) is 10.6. The van der Waals surface area contributed by atoms with E-state index in [0.717, 1.165) is 23.7 Å². The van der Waals surface area contributed by atoms with E-state index in [4.69, 9.17) is 0 Å². The summed E-state index contributed by atoms with van der Waals surface area (Å²) in [5.41, 5.74) is 11.0. The largest absolute Gasteiger partial charge is 0.298 e. The maximum absolute atomic E-state index is 10.9. The van der Waals surface area contributed by atoms with Crippen molar-refractivity contribution in [1.29, 1.82) is 0 Å². The zero-order valence-electron chi connectivity index (χ0n) is 15.6. The van der Waals surface area contributed by atoms with Crippen molar-refractivity contribution in [3.63, 3.8) is 0 Å². The summed E-state index contributed by atoms with van der Waals surface area (Å²) in [6.07, 6.45) is 1.73. The first kappa shape index (κ1) is 17.8. The molecule has 0 N–H and O–H groups in total. The molecule has 26 heavy (non-hydrogen) atoms. The van der Waals surface area contributed by atoms with Crippen molar-refractivity contribution in [3.05, 3.63) is 81.9 Å². The van der Waals surface area contributed by atoms with Crippen molar-refractivity contribution in [1.82, 2.24) is 0 Å². The Hall–Kier alpha value is -3.00. The topological polar surface area (TPSA) is 34.1 Å². The minimum absolute atomic E-state index is 0.685. The maximum Gasteiger partial charge on any atom is 0.150 e. The molecule has 0 fully saturated rings. The van der Waals surface area contributed by atoms with E-state index >= 15 is 0 Å². The third-order valence-electron chi connectivity index (χ3n) is 5.30. The number of hydrogen-bond acceptors (Lipinski definition) is 2. The third kappa shape index (κ3) is 2.99. The van der Waals surface area contributed by atoms with Crippen LogP contribution in [0.1, 0.15) is 43.0 Å². The van der Waals surface area contributed by atoms with E-state index in [9.17, 15) is 9.59 Å². The molecular weight excluding hydrogens is 320 g/mol. The molecule has 0 aliphatic carbocycles. The minimum atomic E-state index is 0.685. The summed E-state index contributed by atoms with van der Waals surface area (Å²) in [6.45, 7) is 8.59. The summed E-state index contributed by atoms with van der Waals surface area (Å²) in [4.78, 5) is 21.8. The highest BCUT2D eigenvalue weighted by atomic mass is 16.1. The van der Waals surface area contributed by atoms with E-state index in [1.807, 2.05) is 48.5 Å². The van der Waals surface area contributed by atoms with Crippen LogP contribution in [-0.4, -0.2) is 12.6 Å². The maximum atomic E-state index is 10.9. The van der Waals surface area contributed by atoms with Gasteiger partial charge in [0.2, 0.25) is 0 Å². The monoisotopic (exact) mass is 342 g/mol. The first-order valence-electron chi connectivity index (χ1n) is 8.69. The minimum Gasteiger partial charge on any atom is -0.298 e. The molecule has 3 aromatic rings. The molecule has 0 bridgehead atoms. The first-order valence-corrected chi connectivity index (χ1v) is 8.69. The van der Waals surface area contributed by atoms with Gasteiger partial charge in [0.25, 0.3) is 0 Å². The molecule has 2 heteroatoms. The molecule has 3 rings (SSSR count). The van der Waals surface area contributed by atoms with Crippen molar-refractivity contribution < 1.29 is 9.59 Å². The van der Waals surface area contributed by atoms with Gasteiger partial charge in [0.15, 0.2) is 0 Å². The zero-order chi connectivity index (χ0) is 18.8. The summed E-state index contributed by atoms with van der Waals surface area (Å²) in [7, 11) is 0. The van der Waals surface area contributed by atoms with Crippen LogP contribution in [0.3, 0.4) is 0 Å². The van der Waals surface area contributed by atoms with Gasteiger partial charge in [-0.2, -0.15) is 0 Å². The van der Waals surface area contributed by atoms with E-state index in [1.165, 1.54) is 33.4 Å². The van der Waals surface area contributed by atoms with Crippen LogP contribution in [0.4, 0.5) is 0 Å². The van der Waals surface area contributed by atoms with E-state index < -0.39 is 0 Å². The van der Waals surface area contributed by atoms with Gasteiger partial charge < -0.3 is 0 Å². The molecule has 130 valence electrons. The lowest BCUT2D eigenvalue weighted by Crippen LogP contribution is -2.00. The summed E-state index contributed by atoms with van der Waals surface area (Å²) in [5.74, 6) is 0. The Labute approximate surface area is 154 Å². The Kier molecular flexibility index (Phi) is 4.85. The molecule has 0 saturated heterocycles. The summed E-state index contributed by atoms with van der Waals surface area (Å²) in [5, 5.41) is 0. The Morgan fingerprint density at radius 3 is 1.00 bits per heavy atom. The van der Waals surface area contributed by atoms with Crippen LogP contribution in [0.25, 0.3) is 22.3 Å². The third-order valence-corrected chi connectivity index (χ3v) is 5.30. The van der Waals surface area contributed by atoms with Crippen molar-refractivity contribution in [2.24, 2.45) is 0 Å². The van der Waals surface area contributed by atoms with E-state index in [2.05, 4.69) is 27.7 Å². The summed E-state index contributed by atoms with van der Waals surface area (Å²) < 4.78 is 0. The fraction of sp³-hybridized carbons (Fsp3) is 0.167. The van der Waals surface area contributed by atoms with Gasteiger partial charge >= 0.3 is 0 Å². The molecule has 2 nitrogen and oxygen atoms in total. The Bertz CT molecular complexity index is 867. The standard InChI is InChI=1S/C24H22O2/c1-15-16(2)24(22-11-7-20(14-26)8-12-22)18(4)17(3)23(15)21-9-5-19(13-25)6-10-21/h5-14H,1-4H3. The first-order chi connectivity index (χ1) is 12.5. The van der Waals surface area contributed by atoms with Crippen molar-refractivity contribution in [3.8, 4) is 22.3 Å². The quantitative estimate of drug-likeness (QED) is 0.555. The van der Waals surface area contributed by atoms with Crippen LogP contribution >= 0.6 is 0 Å². The lowest BCUT2D eigenvalue weighted by Gasteiger charge is -2.21. The predicted octanol–water partition coefficient (Wildman–Crippen LogP) is 5.88. The Morgan fingerprint density at radius 1 is 0.500 bits per heavy atom.